The first-order chi connectivity index (χ1) is 11.1. The number of benzene rings is 2. The Morgan fingerprint density at radius 2 is 1.96 bits per heavy atom. The van der Waals surface area contributed by atoms with Crippen molar-refractivity contribution < 1.29 is 9.18 Å². The topological polar surface area (TPSA) is 32.7 Å². The fourth-order valence-electron chi connectivity index (χ4n) is 2.35. The second kappa shape index (κ2) is 6.96. The molecule has 0 saturated carbocycles. The summed E-state index contributed by atoms with van der Waals surface area (Å²) >= 11 is 1.40. The van der Waals surface area contributed by atoms with Gasteiger partial charge in [-0.1, -0.05) is 47.7 Å². The molecular formula is C18H17FN2OS. The van der Waals surface area contributed by atoms with Crippen LogP contribution in [0.1, 0.15) is 21.5 Å². The molecule has 5 heteroatoms. The quantitative estimate of drug-likeness (QED) is 0.856. The minimum atomic E-state index is -0.227. The first-order valence-corrected chi connectivity index (χ1v) is 8.43. The summed E-state index contributed by atoms with van der Waals surface area (Å²) in [4.78, 5) is 18.7. The van der Waals surface area contributed by atoms with Crippen molar-refractivity contribution in [3.05, 3.63) is 71.0 Å². The van der Waals surface area contributed by atoms with Gasteiger partial charge in [0.05, 0.1) is 6.54 Å². The molecule has 1 aliphatic heterocycles. The number of rotatable bonds is 3. The van der Waals surface area contributed by atoms with E-state index in [1.807, 2.05) is 37.3 Å². The Morgan fingerprint density at radius 1 is 1.22 bits per heavy atom. The zero-order chi connectivity index (χ0) is 16.2. The Hall–Kier alpha value is -2.14. The zero-order valence-corrected chi connectivity index (χ0v) is 13.6. The van der Waals surface area contributed by atoms with E-state index < -0.39 is 0 Å². The molecule has 0 spiro atoms. The molecular weight excluding hydrogens is 311 g/mol. The van der Waals surface area contributed by atoms with Crippen LogP contribution < -0.4 is 0 Å². The van der Waals surface area contributed by atoms with E-state index in [0.29, 0.717) is 35.1 Å². The second-order valence-corrected chi connectivity index (χ2v) is 6.31. The maximum absolute atomic E-state index is 13.7. The number of hydrogen-bond donors (Lipinski definition) is 0. The average Bonchev–Trinajstić information content (AvgIpc) is 3.02. The maximum atomic E-state index is 13.7. The average molecular weight is 328 g/mol. The van der Waals surface area contributed by atoms with Crippen LogP contribution in [0.2, 0.25) is 0 Å². The minimum Gasteiger partial charge on any atom is -0.286 e. The Morgan fingerprint density at radius 3 is 2.70 bits per heavy atom. The monoisotopic (exact) mass is 328 g/mol. The van der Waals surface area contributed by atoms with Crippen molar-refractivity contribution in [2.24, 2.45) is 4.99 Å². The molecule has 2 aromatic rings. The van der Waals surface area contributed by atoms with E-state index in [1.54, 1.807) is 17.0 Å². The molecule has 3 rings (SSSR count). The van der Waals surface area contributed by atoms with Crippen LogP contribution in [-0.2, 0) is 5.75 Å². The lowest BCUT2D eigenvalue weighted by Gasteiger charge is -2.18. The smallest absolute Gasteiger partial charge is 0.259 e. The van der Waals surface area contributed by atoms with Crippen LogP contribution in [0.15, 0.2) is 53.5 Å². The number of nitrogens with zero attached hydrogens (tertiary/aromatic N) is 2. The molecule has 3 nitrogen and oxygen atoms in total. The third-order valence-corrected chi connectivity index (χ3v) is 4.72. The van der Waals surface area contributed by atoms with Gasteiger partial charge in [0.25, 0.3) is 5.91 Å². The number of amidine groups is 1. The molecule has 1 heterocycles. The van der Waals surface area contributed by atoms with Crippen LogP contribution in [0.3, 0.4) is 0 Å². The van der Waals surface area contributed by atoms with Gasteiger partial charge in [-0.2, -0.15) is 0 Å². The predicted molar refractivity (Wildman–Crippen MR) is 92.2 cm³/mol. The van der Waals surface area contributed by atoms with E-state index in [-0.39, 0.29) is 11.7 Å². The first-order valence-electron chi connectivity index (χ1n) is 7.44. The molecule has 0 aliphatic carbocycles. The summed E-state index contributed by atoms with van der Waals surface area (Å²) in [7, 11) is 0. The maximum Gasteiger partial charge on any atom is 0.259 e. The van der Waals surface area contributed by atoms with Crippen molar-refractivity contribution in [2.75, 3.05) is 13.1 Å². The van der Waals surface area contributed by atoms with E-state index in [2.05, 4.69) is 4.99 Å². The van der Waals surface area contributed by atoms with Gasteiger partial charge in [0.2, 0.25) is 0 Å². The van der Waals surface area contributed by atoms with E-state index in [1.165, 1.54) is 17.8 Å². The summed E-state index contributed by atoms with van der Waals surface area (Å²) in [5, 5.41) is 0.666. The molecule has 1 aliphatic rings. The molecule has 0 atom stereocenters. The standard InChI is InChI=1S/C18H17FN2OS/c1-13-6-8-14(9-7-13)17(22)21-11-10-20-18(21)23-12-15-4-2-3-5-16(15)19/h2-9H,10-12H2,1H3. The van der Waals surface area contributed by atoms with Crippen LogP contribution in [0.25, 0.3) is 0 Å². The van der Waals surface area contributed by atoms with Crippen LogP contribution in [0, 0.1) is 12.7 Å². The normalized spacial score (nSPS) is 14.0. The van der Waals surface area contributed by atoms with Crippen LogP contribution in [0.4, 0.5) is 4.39 Å². The number of hydrogen-bond acceptors (Lipinski definition) is 3. The van der Waals surface area contributed by atoms with E-state index >= 15 is 0 Å². The van der Waals surface area contributed by atoms with Crippen molar-refractivity contribution in [3.63, 3.8) is 0 Å². The molecule has 0 saturated heterocycles. The molecule has 0 unspecified atom stereocenters. The Labute approximate surface area is 139 Å². The van der Waals surface area contributed by atoms with Crippen LogP contribution >= 0.6 is 11.8 Å². The molecule has 0 bridgehead atoms. The lowest BCUT2D eigenvalue weighted by molar-refractivity contribution is 0.0860. The highest BCUT2D eigenvalue weighted by Gasteiger charge is 2.25. The molecule has 2 aromatic carbocycles. The van der Waals surface area contributed by atoms with Gasteiger partial charge in [-0.15, -0.1) is 0 Å². The lowest BCUT2D eigenvalue weighted by Crippen LogP contribution is -2.32. The number of carbonyl (C=O) groups is 1. The molecule has 0 radical (unpaired) electrons. The minimum absolute atomic E-state index is 0.0534. The van der Waals surface area contributed by atoms with Gasteiger partial charge in [-0.25, -0.2) is 4.39 Å². The number of amides is 1. The highest BCUT2D eigenvalue weighted by Crippen LogP contribution is 2.22. The van der Waals surface area contributed by atoms with Crippen molar-refractivity contribution in [1.82, 2.24) is 4.90 Å². The lowest BCUT2D eigenvalue weighted by atomic mass is 10.1. The van der Waals surface area contributed by atoms with Gasteiger partial charge in [0, 0.05) is 17.9 Å². The second-order valence-electron chi connectivity index (χ2n) is 5.37. The molecule has 1 amide bonds. The molecule has 0 N–H and O–H groups in total. The van der Waals surface area contributed by atoms with Crippen molar-refractivity contribution in [1.29, 1.82) is 0 Å². The van der Waals surface area contributed by atoms with Gasteiger partial charge in [0.15, 0.2) is 5.17 Å². The Kier molecular flexibility index (Phi) is 4.76. The van der Waals surface area contributed by atoms with Crippen molar-refractivity contribution in [3.8, 4) is 0 Å². The van der Waals surface area contributed by atoms with Gasteiger partial charge in [-0.05, 0) is 30.7 Å². The molecule has 0 aromatic heterocycles. The largest absolute Gasteiger partial charge is 0.286 e. The fourth-order valence-corrected chi connectivity index (χ4v) is 3.38. The summed E-state index contributed by atoms with van der Waals surface area (Å²) in [5.41, 5.74) is 2.39. The number of aryl methyl sites for hydroxylation is 1. The SMILES string of the molecule is Cc1ccc(C(=O)N2CCN=C2SCc2ccccc2F)cc1. The Bertz CT molecular complexity index is 743. The molecule has 118 valence electrons. The summed E-state index contributed by atoms with van der Waals surface area (Å²) in [5.74, 6) is 0.181. The fraction of sp³-hybridized carbons (Fsp3) is 0.222. The number of halogens is 1. The molecule has 23 heavy (non-hydrogen) atoms. The third kappa shape index (κ3) is 3.62. The van der Waals surface area contributed by atoms with E-state index in [9.17, 15) is 9.18 Å². The summed E-state index contributed by atoms with van der Waals surface area (Å²) in [6.45, 7) is 3.16. The number of carbonyl (C=O) groups excluding carboxylic acids is 1. The summed E-state index contributed by atoms with van der Waals surface area (Å²) in [6.07, 6.45) is 0. The van der Waals surface area contributed by atoms with Gasteiger partial charge in [0.1, 0.15) is 5.82 Å². The molecule has 0 fully saturated rings. The highest BCUT2D eigenvalue weighted by molar-refractivity contribution is 8.13. The van der Waals surface area contributed by atoms with Crippen LogP contribution in [-0.4, -0.2) is 29.1 Å². The first kappa shape index (κ1) is 15.7. The van der Waals surface area contributed by atoms with Crippen LogP contribution in [0.5, 0.6) is 0 Å². The summed E-state index contributed by atoms with van der Waals surface area (Å²) < 4.78 is 13.7. The van der Waals surface area contributed by atoms with Crippen molar-refractivity contribution in [2.45, 2.75) is 12.7 Å². The van der Waals surface area contributed by atoms with E-state index in [4.69, 9.17) is 0 Å². The van der Waals surface area contributed by atoms with Gasteiger partial charge in [-0.3, -0.25) is 14.7 Å². The predicted octanol–water partition coefficient (Wildman–Crippen LogP) is 3.88. The number of thioether (sulfide) groups is 1. The highest BCUT2D eigenvalue weighted by atomic mass is 32.2. The van der Waals surface area contributed by atoms with Crippen molar-refractivity contribution >= 4 is 22.8 Å². The Balaban J connectivity index is 1.69. The zero-order valence-electron chi connectivity index (χ0n) is 12.8. The van der Waals surface area contributed by atoms with E-state index in [0.717, 1.165) is 5.56 Å². The number of aliphatic imine (C=N–C) groups is 1. The van der Waals surface area contributed by atoms with Gasteiger partial charge >= 0.3 is 0 Å². The van der Waals surface area contributed by atoms with Gasteiger partial charge < -0.3 is 0 Å². The summed E-state index contributed by atoms with van der Waals surface area (Å²) in [6, 6.07) is 14.2. The third-order valence-electron chi connectivity index (χ3n) is 3.66.